The van der Waals surface area contributed by atoms with Gasteiger partial charge in [-0.15, -0.1) is 10.2 Å². The Morgan fingerprint density at radius 2 is 1.57 bits per heavy atom. The quantitative estimate of drug-likeness (QED) is 0.273. The van der Waals surface area contributed by atoms with Gasteiger partial charge in [0.15, 0.2) is 5.69 Å². The third-order valence-corrected chi connectivity index (χ3v) is 8.41. The number of aromatic amines is 1. The smallest absolute Gasteiger partial charge is 0.299 e. The molecule has 0 saturated heterocycles. The summed E-state index contributed by atoms with van der Waals surface area (Å²) in [5.74, 6) is -0.338. The van der Waals surface area contributed by atoms with E-state index in [1.165, 1.54) is 15.1 Å². The van der Waals surface area contributed by atoms with Crippen LogP contribution in [0.5, 0.6) is 5.75 Å². The fourth-order valence-corrected chi connectivity index (χ4v) is 6.14. The Bertz CT molecular complexity index is 1630. The summed E-state index contributed by atoms with van der Waals surface area (Å²) >= 11 is 0. The monoisotopic (exact) mass is 521 g/mol. The van der Waals surface area contributed by atoms with Crippen LogP contribution < -0.4 is 5.56 Å². The van der Waals surface area contributed by atoms with Crippen molar-refractivity contribution in [2.45, 2.75) is 45.4 Å². The Hall–Kier alpha value is -3.76. The predicted octanol–water partition coefficient (Wildman–Crippen LogP) is 5.73. The number of benzene rings is 3. The predicted molar refractivity (Wildman–Crippen MR) is 145 cm³/mol. The largest absolute Gasteiger partial charge is 0.506 e. The molecule has 0 amide bonds. The first kappa shape index (κ1) is 26.3. The molecule has 0 bridgehead atoms. The SMILES string of the molecule is CCCc1ccccc1-n1[nH]c(C)c(N=Nc2c(O)cc(S(=O)(=O)N(CC)CC)c3ccccc23)c1=O. The molecule has 9 nitrogen and oxygen atoms in total. The molecular weight excluding hydrogens is 490 g/mol. The van der Waals surface area contributed by atoms with Gasteiger partial charge in [0.2, 0.25) is 10.0 Å². The van der Waals surface area contributed by atoms with Crippen LogP contribution in [0.15, 0.2) is 74.5 Å². The molecule has 37 heavy (non-hydrogen) atoms. The van der Waals surface area contributed by atoms with Crippen molar-refractivity contribution in [2.75, 3.05) is 13.1 Å². The van der Waals surface area contributed by atoms with Crippen LogP contribution in [-0.4, -0.2) is 40.7 Å². The van der Waals surface area contributed by atoms with E-state index in [4.69, 9.17) is 0 Å². The number of aromatic nitrogens is 2. The number of H-pyrrole nitrogens is 1. The van der Waals surface area contributed by atoms with E-state index in [-0.39, 0.29) is 27.6 Å². The molecule has 4 rings (SSSR count). The fraction of sp³-hybridized carbons (Fsp3) is 0.296. The summed E-state index contributed by atoms with van der Waals surface area (Å²) in [6, 6.07) is 15.7. The second-order valence-corrected chi connectivity index (χ2v) is 10.6. The van der Waals surface area contributed by atoms with E-state index in [0.717, 1.165) is 24.1 Å². The highest BCUT2D eigenvalue weighted by Gasteiger charge is 2.26. The number of nitrogens with zero attached hydrogens (tertiary/aromatic N) is 4. The third kappa shape index (κ3) is 4.82. The highest BCUT2D eigenvalue weighted by Crippen LogP contribution is 2.40. The normalized spacial score (nSPS) is 12.2. The number of aromatic hydroxyl groups is 1. The van der Waals surface area contributed by atoms with E-state index >= 15 is 0 Å². The van der Waals surface area contributed by atoms with Crippen LogP contribution in [-0.2, 0) is 16.4 Å². The summed E-state index contributed by atoms with van der Waals surface area (Å²) in [4.78, 5) is 13.3. The van der Waals surface area contributed by atoms with E-state index in [1.807, 2.05) is 24.3 Å². The maximum absolute atomic E-state index is 13.3. The van der Waals surface area contributed by atoms with E-state index < -0.39 is 10.0 Å². The molecule has 0 fully saturated rings. The van der Waals surface area contributed by atoms with Crippen LogP contribution >= 0.6 is 0 Å². The molecule has 0 atom stereocenters. The molecule has 194 valence electrons. The lowest BCUT2D eigenvalue weighted by Crippen LogP contribution is -2.30. The molecule has 2 N–H and O–H groups in total. The Morgan fingerprint density at radius 3 is 2.24 bits per heavy atom. The minimum Gasteiger partial charge on any atom is -0.506 e. The van der Waals surface area contributed by atoms with E-state index in [1.54, 1.807) is 45.0 Å². The van der Waals surface area contributed by atoms with Gasteiger partial charge in [0, 0.05) is 29.9 Å². The maximum atomic E-state index is 13.3. The highest BCUT2D eigenvalue weighted by atomic mass is 32.2. The number of hydrogen-bond acceptors (Lipinski definition) is 6. The van der Waals surface area contributed by atoms with Gasteiger partial charge < -0.3 is 5.11 Å². The number of azo groups is 1. The van der Waals surface area contributed by atoms with Crippen molar-refractivity contribution in [2.24, 2.45) is 10.2 Å². The molecule has 0 saturated carbocycles. The fourth-order valence-electron chi connectivity index (χ4n) is 4.47. The molecule has 1 heterocycles. The van der Waals surface area contributed by atoms with Gasteiger partial charge in [-0.25, -0.2) is 13.1 Å². The molecular formula is C27H31N5O4S. The summed E-state index contributed by atoms with van der Waals surface area (Å²) in [5, 5.41) is 23.2. The third-order valence-electron chi connectivity index (χ3n) is 6.32. The van der Waals surface area contributed by atoms with Gasteiger partial charge in [-0.3, -0.25) is 9.89 Å². The van der Waals surface area contributed by atoms with Gasteiger partial charge >= 0.3 is 0 Å². The highest BCUT2D eigenvalue weighted by molar-refractivity contribution is 7.89. The summed E-state index contributed by atoms with van der Waals surface area (Å²) in [5.41, 5.74) is 2.13. The van der Waals surface area contributed by atoms with Crippen molar-refractivity contribution in [3.8, 4) is 11.4 Å². The minimum atomic E-state index is -3.84. The second-order valence-electron chi connectivity index (χ2n) is 8.68. The average molecular weight is 522 g/mol. The number of nitrogens with one attached hydrogen (secondary N) is 1. The van der Waals surface area contributed by atoms with Crippen LogP contribution in [0.25, 0.3) is 16.5 Å². The Labute approximate surface area is 216 Å². The number of hydrogen-bond donors (Lipinski definition) is 2. The lowest BCUT2D eigenvalue weighted by Gasteiger charge is -2.20. The summed E-state index contributed by atoms with van der Waals surface area (Å²) in [7, 11) is -3.84. The second kappa shape index (κ2) is 10.7. The minimum absolute atomic E-state index is 0.00374. The van der Waals surface area contributed by atoms with Crippen LogP contribution in [0.3, 0.4) is 0 Å². The van der Waals surface area contributed by atoms with Crippen molar-refractivity contribution in [1.29, 1.82) is 0 Å². The molecule has 0 spiro atoms. The number of phenolic OH excluding ortho intramolecular Hbond substituents is 1. The zero-order valence-corrected chi connectivity index (χ0v) is 22.2. The number of fused-ring (bicyclic) bond motifs is 1. The number of aryl methyl sites for hydroxylation is 2. The van der Waals surface area contributed by atoms with Gasteiger partial charge in [0.1, 0.15) is 11.4 Å². The first-order valence-corrected chi connectivity index (χ1v) is 13.7. The first-order valence-electron chi connectivity index (χ1n) is 12.3. The summed E-state index contributed by atoms with van der Waals surface area (Å²) < 4.78 is 29.3. The summed E-state index contributed by atoms with van der Waals surface area (Å²) in [6.07, 6.45) is 1.75. The molecule has 0 radical (unpaired) electrons. The number of rotatable bonds is 9. The number of para-hydroxylation sites is 1. The van der Waals surface area contributed by atoms with E-state index in [2.05, 4.69) is 22.3 Å². The molecule has 4 aromatic rings. The lowest BCUT2D eigenvalue weighted by molar-refractivity contribution is 0.443. The number of phenols is 1. The Kier molecular flexibility index (Phi) is 7.60. The van der Waals surface area contributed by atoms with Gasteiger partial charge in [-0.1, -0.05) is 69.7 Å². The summed E-state index contributed by atoms with van der Waals surface area (Å²) in [6.45, 7) is 7.93. The standard InChI is InChI=1S/C27H31N5O4S/c1-5-12-19-13-8-11-16-22(19)32-27(34)25(18(4)30-32)28-29-26-21-15-10-9-14-20(21)24(17-23(26)33)37(35,36)31(6-2)7-3/h8-11,13-17,30,33H,5-7,12H2,1-4H3. The molecule has 0 aliphatic carbocycles. The van der Waals surface area contributed by atoms with Gasteiger partial charge in [0.05, 0.1) is 16.3 Å². The first-order chi connectivity index (χ1) is 17.7. The maximum Gasteiger partial charge on any atom is 0.299 e. The van der Waals surface area contributed by atoms with Crippen LogP contribution in [0.2, 0.25) is 0 Å². The molecule has 10 heteroatoms. The topological polar surface area (TPSA) is 120 Å². The zero-order chi connectivity index (χ0) is 26.7. The van der Waals surface area contributed by atoms with Crippen LogP contribution in [0.4, 0.5) is 11.4 Å². The van der Waals surface area contributed by atoms with Crippen LogP contribution in [0.1, 0.15) is 38.4 Å². The van der Waals surface area contributed by atoms with Crippen molar-refractivity contribution >= 4 is 32.2 Å². The molecule has 1 aromatic heterocycles. The van der Waals surface area contributed by atoms with Crippen LogP contribution in [0, 0.1) is 6.92 Å². The molecule has 0 aliphatic rings. The van der Waals surface area contributed by atoms with E-state index in [9.17, 15) is 18.3 Å². The number of sulfonamides is 1. The van der Waals surface area contributed by atoms with E-state index in [0.29, 0.717) is 29.6 Å². The molecule has 3 aromatic carbocycles. The zero-order valence-electron chi connectivity index (χ0n) is 21.4. The molecule has 0 unspecified atom stereocenters. The van der Waals surface area contributed by atoms with Crippen molar-refractivity contribution in [3.05, 3.63) is 76.2 Å². The van der Waals surface area contributed by atoms with Crippen molar-refractivity contribution in [1.82, 2.24) is 14.1 Å². The molecule has 0 aliphatic heterocycles. The van der Waals surface area contributed by atoms with Crippen molar-refractivity contribution in [3.63, 3.8) is 0 Å². The Morgan fingerprint density at radius 1 is 0.946 bits per heavy atom. The Balaban J connectivity index is 1.83. The average Bonchev–Trinajstić information content (AvgIpc) is 3.17. The lowest BCUT2D eigenvalue weighted by atomic mass is 10.1. The van der Waals surface area contributed by atoms with Gasteiger partial charge in [0.25, 0.3) is 5.56 Å². The van der Waals surface area contributed by atoms with Crippen molar-refractivity contribution < 1.29 is 13.5 Å². The van der Waals surface area contributed by atoms with Gasteiger partial charge in [-0.05, 0) is 25.0 Å². The van der Waals surface area contributed by atoms with Gasteiger partial charge in [-0.2, -0.15) is 4.31 Å².